The number of benzene rings is 2. The largest absolute Gasteiger partial charge is 0.489 e. The zero-order chi connectivity index (χ0) is 26.3. The molecular formula is C25H23B4N3O5. The maximum Gasteiger partial charge on any atom is 0.255 e. The van der Waals surface area contributed by atoms with Crippen LogP contribution in [0.3, 0.4) is 0 Å². The first-order valence-corrected chi connectivity index (χ1v) is 12.1. The number of piperidine rings is 1. The minimum absolute atomic E-state index is 0.208. The highest BCUT2D eigenvalue weighted by atomic mass is 16.5. The van der Waals surface area contributed by atoms with Gasteiger partial charge in [-0.25, -0.2) is 0 Å². The second kappa shape index (κ2) is 10.1. The van der Waals surface area contributed by atoms with Gasteiger partial charge >= 0.3 is 0 Å². The molecule has 3 aliphatic rings. The lowest BCUT2D eigenvalue weighted by atomic mass is 9.61. The number of ether oxygens (including phenoxy) is 2. The molecule has 8 radical (unpaired) electrons. The summed E-state index contributed by atoms with van der Waals surface area (Å²) in [4.78, 5) is 40.2. The van der Waals surface area contributed by atoms with Crippen LogP contribution in [0.4, 0.5) is 0 Å². The molecule has 3 heterocycles. The average Bonchev–Trinajstić information content (AvgIpc) is 3.18. The Labute approximate surface area is 221 Å². The molecule has 8 nitrogen and oxygen atoms in total. The van der Waals surface area contributed by atoms with Crippen LogP contribution >= 0.6 is 0 Å². The van der Waals surface area contributed by atoms with Gasteiger partial charge in [-0.1, -0.05) is 30.3 Å². The molecule has 2 aromatic rings. The van der Waals surface area contributed by atoms with E-state index in [1.165, 1.54) is 4.90 Å². The fourth-order valence-electron chi connectivity index (χ4n) is 4.98. The molecule has 0 aliphatic carbocycles. The van der Waals surface area contributed by atoms with Crippen molar-refractivity contribution in [2.45, 2.75) is 55.9 Å². The molecule has 3 aliphatic heterocycles. The number of imide groups is 1. The van der Waals surface area contributed by atoms with Gasteiger partial charge in [-0.05, 0) is 35.6 Å². The highest BCUT2D eigenvalue weighted by Crippen LogP contribution is 2.34. The fourth-order valence-corrected chi connectivity index (χ4v) is 4.98. The third-order valence-corrected chi connectivity index (χ3v) is 6.91. The first-order chi connectivity index (χ1) is 17.6. The number of amides is 3. The van der Waals surface area contributed by atoms with Crippen molar-refractivity contribution in [1.82, 2.24) is 15.1 Å². The Kier molecular flexibility index (Phi) is 6.98. The summed E-state index contributed by atoms with van der Waals surface area (Å²) < 4.78 is 11.4. The lowest BCUT2D eigenvalue weighted by molar-refractivity contribution is -0.136. The van der Waals surface area contributed by atoms with Crippen molar-refractivity contribution in [2.75, 3.05) is 6.54 Å². The molecule has 3 atom stereocenters. The highest BCUT2D eigenvalue weighted by molar-refractivity contribution is 6.39. The van der Waals surface area contributed by atoms with Crippen molar-refractivity contribution >= 4 is 49.1 Å². The summed E-state index contributed by atoms with van der Waals surface area (Å²) in [7, 11) is 23.9. The highest BCUT2D eigenvalue weighted by Gasteiger charge is 2.40. The minimum Gasteiger partial charge on any atom is -0.489 e. The van der Waals surface area contributed by atoms with E-state index >= 15 is 0 Å². The molecule has 0 aromatic heterocycles. The van der Waals surface area contributed by atoms with Crippen LogP contribution in [-0.2, 0) is 34.0 Å². The lowest BCUT2D eigenvalue weighted by Crippen LogP contribution is -2.61. The standard InChI is InChI=1S/C25H23B4N3O5/c26-21-22(27)37-25(28,29)13-31(21)10-14-4-6-15(7-5-14)12-36-19-3-1-2-16-17(19)11-32(24(16)35)18-8-9-20(33)30-23(18)34/h1-7,18,21-22H,8-13H2,(H,30,33,34). The van der Waals surface area contributed by atoms with E-state index in [1.807, 2.05) is 35.2 Å². The molecule has 0 saturated carbocycles. The Bertz CT molecular complexity index is 1230. The molecule has 1 N–H and O–H groups in total. The van der Waals surface area contributed by atoms with Gasteiger partial charge in [0, 0.05) is 42.0 Å². The quantitative estimate of drug-likeness (QED) is 0.449. The number of morpholine rings is 1. The lowest BCUT2D eigenvalue weighted by Gasteiger charge is -2.48. The molecular weight excluding hydrogens is 466 g/mol. The second-order valence-electron chi connectivity index (χ2n) is 9.72. The van der Waals surface area contributed by atoms with Gasteiger partial charge in [-0.3, -0.25) is 19.7 Å². The summed E-state index contributed by atoms with van der Waals surface area (Å²) in [6.45, 7) is 1.28. The zero-order valence-corrected chi connectivity index (χ0v) is 20.3. The number of hydrogen-bond donors (Lipinski definition) is 1. The number of rotatable bonds is 6. The monoisotopic (exact) mass is 489 g/mol. The van der Waals surface area contributed by atoms with E-state index in [4.69, 9.17) is 40.9 Å². The maximum absolute atomic E-state index is 13.0. The van der Waals surface area contributed by atoms with Gasteiger partial charge in [0.1, 0.15) is 41.9 Å². The molecule has 0 bridgehead atoms. The van der Waals surface area contributed by atoms with Gasteiger partial charge in [0.25, 0.3) is 5.91 Å². The van der Waals surface area contributed by atoms with Crippen LogP contribution < -0.4 is 10.1 Å². The molecule has 2 fully saturated rings. The molecule has 2 aromatic carbocycles. The Hall–Kier alpha value is -2.97. The van der Waals surface area contributed by atoms with Crippen molar-refractivity contribution < 1.29 is 23.9 Å². The third-order valence-electron chi connectivity index (χ3n) is 6.91. The van der Waals surface area contributed by atoms with E-state index in [0.717, 1.165) is 16.7 Å². The van der Waals surface area contributed by atoms with Gasteiger partial charge in [0.15, 0.2) is 0 Å². The van der Waals surface area contributed by atoms with Crippen molar-refractivity contribution in [1.29, 1.82) is 0 Å². The molecule has 5 rings (SSSR count). The molecule has 3 unspecified atom stereocenters. The number of nitrogens with one attached hydrogen (secondary N) is 1. The molecule has 37 heavy (non-hydrogen) atoms. The Morgan fingerprint density at radius 3 is 2.51 bits per heavy atom. The SMILES string of the molecule is [B]C1OC([B])([B])CN(Cc2ccc(COc3cccc4c3CN(C3CCC(=O)NC3=O)C4=O)cc2)C1[B]. The first-order valence-electron chi connectivity index (χ1n) is 12.1. The van der Waals surface area contributed by atoms with Crippen LogP contribution in [0.2, 0.25) is 0 Å². The fraction of sp³-hybridized carbons (Fsp3) is 0.400. The Morgan fingerprint density at radius 1 is 1.05 bits per heavy atom. The first kappa shape index (κ1) is 25.7. The topological polar surface area (TPSA) is 88.2 Å². The van der Waals surface area contributed by atoms with Gasteiger partial charge in [0.2, 0.25) is 11.8 Å². The summed E-state index contributed by atoms with van der Waals surface area (Å²) in [6, 6.07) is 11.7. The number of nitrogens with zero attached hydrogens (tertiary/aromatic N) is 2. The molecule has 180 valence electrons. The number of carbonyl (C=O) groups excluding carboxylic acids is 3. The van der Waals surface area contributed by atoms with E-state index in [1.54, 1.807) is 12.1 Å². The van der Waals surface area contributed by atoms with E-state index in [-0.39, 0.29) is 31.3 Å². The Morgan fingerprint density at radius 2 is 1.78 bits per heavy atom. The van der Waals surface area contributed by atoms with E-state index in [2.05, 4.69) is 5.32 Å². The van der Waals surface area contributed by atoms with Gasteiger partial charge in [-0.2, -0.15) is 0 Å². The third kappa shape index (κ3) is 5.36. The molecule has 0 spiro atoms. The van der Waals surface area contributed by atoms with Crippen LogP contribution in [0.5, 0.6) is 5.75 Å². The van der Waals surface area contributed by atoms with Crippen molar-refractivity contribution in [2.24, 2.45) is 0 Å². The van der Waals surface area contributed by atoms with Crippen molar-refractivity contribution in [3.05, 3.63) is 64.7 Å². The van der Waals surface area contributed by atoms with Gasteiger partial charge in [-0.15, -0.1) is 0 Å². The summed E-state index contributed by atoms with van der Waals surface area (Å²) in [5.74, 6) is -0.947. The number of fused-ring (bicyclic) bond motifs is 1. The van der Waals surface area contributed by atoms with Crippen LogP contribution in [-0.4, -0.2) is 88.8 Å². The molecule has 2 saturated heterocycles. The Balaban J connectivity index is 1.22. The van der Waals surface area contributed by atoms with E-state index in [9.17, 15) is 14.4 Å². The van der Waals surface area contributed by atoms with Crippen LogP contribution in [0.15, 0.2) is 42.5 Å². The average molecular weight is 489 g/mol. The minimum atomic E-state index is -1.37. The van der Waals surface area contributed by atoms with Gasteiger partial charge in [0.05, 0.1) is 14.4 Å². The summed E-state index contributed by atoms with van der Waals surface area (Å²) >= 11 is 0. The van der Waals surface area contributed by atoms with Crippen LogP contribution in [0.1, 0.15) is 39.9 Å². The second-order valence-corrected chi connectivity index (χ2v) is 9.72. The van der Waals surface area contributed by atoms with Crippen LogP contribution in [0, 0.1) is 0 Å². The van der Waals surface area contributed by atoms with E-state index < -0.39 is 29.3 Å². The van der Waals surface area contributed by atoms with Crippen molar-refractivity contribution in [3.63, 3.8) is 0 Å². The summed E-state index contributed by atoms with van der Waals surface area (Å²) in [5.41, 5.74) is 3.17. The molecule has 3 amide bonds. The smallest absolute Gasteiger partial charge is 0.255 e. The normalized spacial score (nSPS) is 25.6. The van der Waals surface area contributed by atoms with Crippen LogP contribution in [0.25, 0.3) is 0 Å². The summed E-state index contributed by atoms with van der Waals surface area (Å²) in [6.07, 6.45) is 0.519. The number of carbonyl (C=O) groups is 3. The summed E-state index contributed by atoms with van der Waals surface area (Å²) in [5, 5.41) is 0.949. The van der Waals surface area contributed by atoms with E-state index in [0.29, 0.717) is 30.9 Å². The number of hydrogen-bond acceptors (Lipinski definition) is 6. The maximum atomic E-state index is 13.0. The zero-order valence-electron chi connectivity index (χ0n) is 20.3. The molecule has 12 heteroatoms. The van der Waals surface area contributed by atoms with Gasteiger partial charge < -0.3 is 19.3 Å². The predicted octanol–water partition coefficient (Wildman–Crippen LogP) is -0.161. The van der Waals surface area contributed by atoms with Crippen molar-refractivity contribution in [3.8, 4) is 5.75 Å². The predicted molar refractivity (Wildman–Crippen MR) is 138 cm³/mol.